The fourth-order valence-electron chi connectivity index (χ4n) is 6.45. The number of thiazole rings is 1. The number of piperidine rings is 1. The second-order valence-electron chi connectivity index (χ2n) is 11.4. The van der Waals surface area contributed by atoms with E-state index in [4.69, 9.17) is 23.9 Å². The van der Waals surface area contributed by atoms with Gasteiger partial charge < -0.3 is 29.0 Å². The predicted molar refractivity (Wildman–Crippen MR) is 162 cm³/mol. The van der Waals surface area contributed by atoms with E-state index in [0.717, 1.165) is 78.2 Å². The number of carboxylic acid groups (broad SMARTS) is 1. The smallest absolute Gasteiger partial charge is 0.309 e. The van der Waals surface area contributed by atoms with Gasteiger partial charge in [-0.25, -0.2) is 4.98 Å². The fraction of sp³-hybridized carbons (Fsp3) is 0.500. The number of rotatable bonds is 9. The average Bonchev–Trinajstić information content (AvgIpc) is 3.73. The molecule has 42 heavy (non-hydrogen) atoms. The number of nitrogens with zero attached hydrogens (tertiary/aromatic N) is 3. The summed E-state index contributed by atoms with van der Waals surface area (Å²) in [5.74, 6) is 0.439. The van der Waals surface area contributed by atoms with E-state index in [1.165, 1.54) is 11.1 Å². The Balaban J connectivity index is 1.18. The first-order valence-corrected chi connectivity index (χ1v) is 15.5. The van der Waals surface area contributed by atoms with E-state index >= 15 is 0 Å². The second kappa shape index (κ2) is 12.6. The minimum atomic E-state index is -0.805. The molecule has 0 radical (unpaired) electrons. The molecule has 1 N–H and O–H groups in total. The molecule has 2 aromatic carbocycles. The highest BCUT2D eigenvalue weighted by molar-refractivity contribution is 7.14. The van der Waals surface area contributed by atoms with Gasteiger partial charge in [-0.05, 0) is 55.0 Å². The van der Waals surface area contributed by atoms with Crippen LogP contribution in [0.1, 0.15) is 35.1 Å². The first kappa shape index (κ1) is 28.9. The van der Waals surface area contributed by atoms with Crippen molar-refractivity contribution in [2.75, 3.05) is 52.0 Å². The summed E-state index contributed by atoms with van der Waals surface area (Å²) in [4.78, 5) is 21.2. The summed E-state index contributed by atoms with van der Waals surface area (Å²) in [6.45, 7) is 7.21. The summed E-state index contributed by atoms with van der Waals surface area (Å²) < 4.78 is 23.5. The Morgan fingerprint density at radius 3 is 2.86 bits per heavy atom. The van der Waals surface area contributed by atoms with Gasteiger partial charge in [0.2, 0.25) is 0 Å². The maximum Gasteiger partial charge on any atom is 0.309 e. The van der Waals surface area contributed by atoms with Crippen LogP contribution in [0.2, 0.25) is 0 Å². The van der Waals surface area contributed by atoms with Crippen LogP contribution in [0, 0.1) is 12.8 Å². The first-order valence-electron chi connectivity index (χ1n) is 14.6. The lowest BCUT2D eigenvalue weighted by Gasteiger charge is -2.35. The number of carbonyl (C=O) groups is 1. The van der Waals surface area contributed by atoms with Gasteiger partial charge in [-0.3, -0.25) is 9.69 Å². The number of anilines is 1. The molecule has 3 aromatic rings. The van der Waals surface area contributed by atoms with Crippen molar-refractivity contribution in [1.29, 1.82) is 0 Å². The van der Waals surface area contributed by atoms with Crippen LogP contribution < -0.4 is 14.4 Å². The molecule has 0 saturated carbocycles. The number of hydrogen-bond acceptors (Lipinski definition) is 9. The molecule has 0 bridgehead atoms. The predicted octanol–water partition coefficient (Wildman–Crippen LogP) is 4.78. The summed E-state index contributed by atoms with van der Waals surface area (Å²) in [6.07, 6.45) is 2.24. The molecule has 6 rings (SSSR count). The van der Waals surface area contributed by atoms with E-state index in [0.29, 0.717) is 32.2 Å². The van der Waals surface area contributed by atoms with Crippen molar-refractivity contribution in [1.82, 2.24) is 9.88 Å². The molecule has 3 atom stereocenters. The molecule has 9 nitrogen and oxygen atoms in total. The summed E-state index contributed by atoms with van der Waals surface area (Å²) >= 11 is 1.56. The third kappa shape index (κ3) is 5.86. The second-order valence-corrected chi connectivity index (χ2v) is 12.2. The van der Waals surface area contributed by atoms with Gasteiger partial charge >= 0.3 is 5.97 Å². The summed E-state index contributed by atoms with van der Waals surface area (Å²) in [5, 5.41) is 12.4. The summed E-state index contributed by atoms with van der Waals surface area (Å²) in [5.41, 5.74) is 6.53. The van der Waals surface area contributed by atoms with Crippen LogP contribution in [-0.2, 0) is 33.8 Å². The standard InChI is InChI=1S/C32H39N3O6S/c1-20-5-4-6-24(27-19-42-32(33-27)35-11-8-25(31(36)37)29(16-35)39-3)30(20)41-17-21-13-22-7-10-34(23-9-12-40-18-23)15-26(22)28(14-21)38-2/h4-6,13-14,19,23,25,29H,7-12,15-18H2,1-3H3,(H,36,37)/t23-,25-,29+/m0/s1. The molecule has 10 heteroatoms. The molecule has 1 aromatic heterocycles. The Hall–Kier alpha value is -3.18. The molecule has 224 valence electrons. The number of aromatic nitrogens is 1. The highest BCUT2D eigenvalue weighted by Crippen LogP contribution is 2.38. The topological polar surface area (TPSA) is 93.6 Å². The third-order valence-electron chi connectivity index (χ3n) is 8.85. The Morgan fingerprint density at radius 2 is 2.10 bits per heavy atom. The molecule has 0 spiro atoms. The van der Waals surface area contributed by atoms with Crippen LogP contribution in [0.15, 0.2) is 35.7 Å². The Bertz CT molecular complexity index is 1400. The molecule has 3 aliphatic heterocycles. The molecular formula is C32H39N3O6S. The SMILES string of the molecule is COc1cc(COc2c(C)cccc2-c2csc(N3CC[C@H](C(=O)O)[C@H](OC)C3)n2)cc2c1CN([C@H]1CCOC1)CC2. The van der Waals surface area contributed by atoms with Gasteiger partial charge in [0.15, 0.2) is 5.13 Å². The van der Waals surface area contributed by atoms with E-state index in [1.807, 2.05) is 17.5 Å². The van der Waals surface area contributed by atoms with Gasteiger partial charge in [0.25, 0.3) is 0 Å². The highest BCUT2D eigenvalue weighted by Gasteiger charge is 2.35. The number of para-hydroxylation sites is 1. The van der Waals surface area contributed by atoms with E-state index in [2.05, 4.69) is 34.9 Å². The van der Waals surface area contributed by atoms with Crippen LogP contribution in [0.5, 0.6) is 11.5 Å². The van der Waals surface area contributed by atoms with Crippen molar-refractivity contribution in [3.05, 3.63) is 58.0 Å². The molecule has 2 saturated heterocycles. The van der Waals surface area contributed by atoms with Gasteiger partial charge in [-0.1, -0.05) is 18.2 Å². The molecule has 4 heterocycles. The van der Waals surface area contributed by atoms with Crippen LogP contribution >= 0.6 is 11.3 Å². The van der Waals surface area contributed by atoms with Gasteiger partial charge in [-0.15, -0.1) is 11.3 Å². The number of fused-ring (bicyclic) bond motifs is 1. The third-order valence-corrected chi connectivity index (χ3v) is 9.75. The molecule has 0 unspecified atom stereocenters. The molecule has 0 aliphatic carbocycles. The largest absolute Gasteiger partial charge is 0.496 e. The van der Waals surface area contributed by atoms with Crippen LogP contribution in [0.4, 0.5) is 5.13 Å². The summed E-state index contributed by atoms with van der Waals surface area (Å²) in [6, 6.07) is 11.0. The Kier molecular flexibility index (Phi) is 8.67. The lowest BCUT2D eigenvalue weighted by molar-refractivity contribution is -0.147. The Labute approximate surface area is 251 Å². The van der Waals surface area contributed by atoms with E-state index < -0.39 is 11.9 Å². The number of ether oxygens (including phenoxy) is 4. The average molecular weight is 594 g/mol. The molecule has 0 amide bonds. The molecular weight excluding hydrogens is 554 g/mol. The minimum absolute atomic E-state index is 0.366. The van der Waals surface area contributed by atoms with Crippen molar-refractivity contribution < 1.29 is 28.8 Å². The van der Waals surface area contributed by atoms with E-state index in [9.17, 15) is 9.90 Å². The van der Waals surface area contributed by atoms with Crippen molar-refractivity contribution in [2.24, 2.45) is 5.92 Å². The number of hydrogen-bond donors (Lipinski definition) is 1. The zero-order valence-electron chi connectivity index (χ0n) is 24.5. The summed E-state index contributed by atoms with van der Waals surface area (Å²) in [7, 11) is 3.32. The number of methoxy groups -OCH3 is 2. The van der Waals surface area contributed by atoms with E-state index in [-0.39, 0.29) is 6.10 Å². The minimum Gasteiger partial charge on any atom is -0.496 e. The normalized spacial score (nSPS) is 22.6. The lowest BCUT2D eigenvalue weighted by atomic mass is 9.94. The monoisotopic (exact) mass is 593 g/mol. The van der Waals surface area contributed by atoms with Crippen LogP contribution in [-0.4, -0.2) is 80.2 Å². The number of carboxylic acids is 1. The van der Waals surface area contributed by atoms with Gasteiger partial charge in [0, 0.05) is 62.4 Å². The van der Waals surface area contributed by atoms with Crippen molar-refractivity contribution in [2.45, 2.75) is 51.5 Å². The van der Waals surface area contributed by atoms with Crippen molar-refractivity contribution >= 4 is 22.4 Å². The molecule has 2 fully saturated rings. The fourth-order valence-corrected chi connectivity index (χ4v) is 7.31. The number of aliphatic carboxylic acids is 1. The Morgan fingerprint density at radius 1 is 1.21 bits per heavy atom. The van der Waals surface area contributed by atoms with Crippen LogP contribution in [0.3, 0.4) is 0 Å². The quantitative estimate of drug-likeness (QED) is 0.376. The van der Waals surface area contributed by atoms with Gasteiger partial charge in [0.05, 0.1) is 31.4 Å². The number of aryl methyl sites for hydroxylation is 1. The van der Waals surface area contributed by atoms with Gasteiger partial charge in [-0.2, -0.15) is 0 Å². The molecule has 3 aliphatic rings. The zero-order chi connectivity index (χ0) is 29.2. The van der Waals surface area contributed by atoms with Crippen molar-refractivity contribution in [3.8, 4) is 22.8 Å². The lowest BCUT2D eigenvalue weighted by Crippen LogP contribution is -2.47. The maximum atomic E-state index is 11.6. The zero-order valence-corrected chi connectivity index (χ0v) is 25.3. The van der Waals surface area contributed by atoms with Crippen molar-refractivity contribution in [3.63, 3.8) is 0 Å². The van der Waals surface area contributed by atoms with Crippen LogP contribution in [0.25, 0.3) is 11.3 Å². The van der Waals surface area contributed by atoms with E-state index in [1.54, 1.807) is 25.6 Å². The maximum absolute atomic E-state index is 11.6. The first-order chi connectivity index (χ1) is 20.4. The van der Waals surface area contributed by atoms with Gasteiger partial charge in [0.1, 0.15) is 18.1 Å². The highest BCUT2D eigenvalue weighted by atomic mass is 32.1. The number of benzene rings is 2.